The zero-order valence-corrected chi connectivity index (χ0v) is 7.91. The molecule has 0 saturated carbocycles. The van der Waals surface area contributed by atoms with Crippen LogP contribution in [0, 0.1) is 18.3 Å². The van der Waals surface area contributed by atoms with Gasteiger partial charge in [0.1, 0.15) is 0 Å². The zero-order chi connectivity index (χ0) is 10.4. The molecule has 0 aliphatic heterocycles. The van der Waals surface area contributed by atoms with Crippen LogP contribution in [-0.4, -0.2) is 17.4 Å². The van der Waals surface area contributed by atoms with Crippen molar-refractivity contribution < 1.29 is 9.21 Å². The second-order valence-corrected chi connectivity index (χ2v) is 2.78. The Labute approximate surface area is 81.7 Å². The second-order valence-electron chi connectivity index (χ2n) is 2.78. The molecule has 0 atom stereocenters. The Kier molecular flexibility index (Phi) is 3.68. The number of nitrogens with one attached hydrogen (secondary N) is 1. The lowest BCUT2D eigenvalue weighted by atomic mass is 10.3. The van der Waals surface area contributed by atoms with Gasteiger partial charge in [-0.2, -0.15) is 5.26 Å². The Morgan fingerprint density at radius 2 is 2.57 bits per heavy atom. The highest BCUT2D eigenvalue weighted by molar-refractivity contribution is 5.92. The van der Waals surface area contributed by atoms with E-state index in [1.165, 1.54) is 6.39 Å². The Morgan fingerprint density at radius 1 is 1.79 bits per heavy atom. The molecular weight excluding hydrogens is 182 g/mol. The van der Waals surface area contributed by atoms with Crippen molar-refractivity contribution in [2.45, 2.75) is 19.8 Å². The molecule has 0 saturated heterocycles. The largest absolute Gasteiger partial charge is 0.438 e. The molecule has 0 aliphatic carbocycles. The van der Waals surface area contributed by atoms with E-state index in [2.05, 4.69) is 10.3 Å². The Balaban J connectivity index is 2.37. The fourth-order valence-corrected chi connectivity index (χ4v) is 0.969. The lowest BCUT2D eigenvalue weighted by Crippen LogP contribution is -2.24. The van der Waals surface area contributed by atoms with Gasteiger partial charge in [-0.1, -0.05) is 0 Å². The summed E-state index contributed by atoms with van der Waals surface area (Å²) >= 11 is 0. The minimum atomic E-state index is -0.280. The molecule has 14 heavy (non-hydrogen) atoms. The van der Waals surface area contributed by atoms with E-state index in [4.69, 9.17) is 9.68 Å². The third kappa shape index (κ3) is 2.59. The standard InChI is InChI=1S/C9H11N3O2/c1-7-8(14-6-12-7)9(13)11-5-3-2-4-10/h6H,2-3,5H2,1H3,(H,11,13). The highest BCUT2D eigenvalue weighted by Crippen LogP contribution is 2.03. The maximum Gasteiger partial charge on any atom is 0.288 e. The summed E-state index contributed by atoms with van der Waals surface area (Å²) in [6, 6.07) is 2.00. The highest BCUT2D eigenvalue weighted by Gasteiger charge is 2.12. The van der Waals surface area contributed by atoms with E-state index in [0.717, 1.165) is 0 Å². The van der Waals surface area contributed by atoms with Crippen molar-refractivity contribution in [3.05, 3.63) is 17.8 Å². The normalized spacial score (nSPS) is 9.43. The lowest BCUT2D eigenvalue weighted by Gasteiger charge is -2.00. The fourth-order valence-electron chi connectivity index (χ4n) is 0.969. The molecule has 1 amide bonds. The quantitative estimate of drug-likeness (QED) is 0.724. The molecule has 1 rings (SSSR count). The van der Waals surface area contributed by atoms with Crippen LogP contribution >= 0.6 is 0 Å². The van der Waals surface area contributed by atoms with Gasteiger partial charge in [-0.15, -0.1) is 0 Å². The minimum absolute atomic E-state index is 0.238. The summed E-state index contributed by atoms with van der Waals surface area (Å²) in [5.74, 6) is -0.0418. The molecule has 1 heterocycles. The van der Waals surface area contributed by atoms with Crippen LogP contribution in [0.25, 0.3) is 0 Å². The number of nitriles is 1. The number of carbonyl (C=O) groups is 1. The third-order valence-electron chi connectivity index (χ3n) is 1.70. The van der Waals surface area contributed by atoms with Crippen molar-refractivity contribution in [3.63, 3.8) is 0 Å². The van der Waals surface area contributed by atoms with Crippen LogP contribution in [0.5, 0.6) is 0 Å². The molecule has 1 aromatic rings. The van der Waals surface area contributed by atoms with Crippen molar-refractivity contribution in [2.75, 3.05) is 6.54 Å². The smallest absolute Gasteiger partial charge is 0.288 e. The molecule has 74 valence electrons. The van der Waals surface area contributed by atoms with Gasteiger partial charge in [0.2, 0.25) is 5.76 Å². The van der Waals surface area contributed by atoms with Crippen LogP contribution in [0.1, 0.15) is 29.1 Å². The van der Waals surface area contributed by atoms with Gasteiger partial charge in [-0.25, -0.2) is 4.98 Å². The van der Waals surface area contributed by atoms with Crippen LogP contribution in [0.15, 0.2) is 10.8 Å². The number of hydrogen-bond donors (Lipinski definition) is 1. The fraction of sp³-hybridized carbons (Fsp3) is 0.444. The SMILES string of the molecule is Cc1ncoc1C(=O)NCCCC#N. The molecule has 5 heteroatoms. The molecule has 1 aromatic heterocycles. The highest BCUT2D eigenvalue weighted by atomic mass is 16.3. The Morgan fingerprint density at radius 3 is 3.14 bits per heavy atom. The summed E-state index contributed by atoms with van der Waals surface area (Å²) in [6.07, 6.45) is 2.32. The summed E-state index contributed by atoms with van der Waals surface area (Å²) in [5.41, 5.74) is 0.572. The summed E-state index contributed by atoms with van der Waals surface area (Å²) in [5, 5.41) is 10.9. The third-order valence-corrected chi connectivity index (χ3v) is 1.70. The van der Waals surface area contributed by atoms with Crippen molar-refractivity contribution in [2.24, 2.45) is 0 Å². The van der Waals surface area contributed by atoms with Gasteiger partial charge >= 0.3 is 0 Å². The average Bonchev–Trinajstić information content (AvgIpc) is 2.59. The average molecular weight is 193 g/mol. The van der Waals surface area contributed by atoms with Crippen LogP contribution < -0.4 is 5.32 Å². The first-order valence-corrected chi connectivity index (χ1v) is 4.31. The topological polar surface area (TPSA) is 78.9 Å². The molecule has 0 aromatic carbocycles. The summed E-state index contributed by atoms with van der Waals surface area (Å²) < 4.78 is 4.89. The van der Waals surface area contributed by atoms with Gasteiger partial charge in [0.25, 0.3) is 5.91 Å². The number of aryl methyl sites for hydroxylation is 1. The predicted molar refractivity (Wildman–Crippen MR) is 48.4 cm³/mol. The van der Waals surface area contributed by atoms with Crippen LogP contribution in [0.2, 0.25) is 0 Å². The second kappa shape index (κ2) is 5.02. The van der Waals surface area contributed by atoms with Gasteiger partial charge in [-0.3, -0.25) is 4.79 Å². The Hall–Kier alpha value is -1.83. The van der Waals surface area contributed by atoms with Crippen molar-refractivity contribution in [1.82, 2.24) is 10.3 Å². The zero-order valence-electron chi connectivity index (χ0n) is 7.91. The first-order chi connectivity index (χ1) is 6.75. The van der Waals surface area contributed by atoms with E-state index >= 15 is 0 Å². The molecule has 0 unspecified atom stereocenters. The Bertz CT molecular complexity index is 351. The van der Waals surface area contributed by atoms with E-state index in [1.807, 2.05) is 6.07 Å². The van der Waals surface area contributed by atoms with Crippen molar-refractivity contribution in [3.8, 4) is 6.07 Å². The number of carbonyl (C=O) groups excluding carboxylic acids is 1. The number of nitrogens with zero attached hydrogens (tertiary/aromatic N) is 2. The summed E-state index contributed by atoms with van der Waals surface area (Å²) in [6.45, 7) is 2.18. The van der Waals surface area contributed by atoms with Crippen molar-refractivity contribution in [1.29, 1.82) is 5.26 Å². The summed E-state index contributed by atoms with van der Waals surface area (Å²) in [4.78, 5) is 15.2. The minimum Gasteiger partial charge on any atom is -0.438 e. The molecule has 0 fully saturated rings. The monoisotopic (exact) mass is 193 g/mol. The lowest BCUT2D eigenvalue weighted by molar-refractivity contribution is 0.0925. The first kappa shape index (κ1) is 10.3. The van der Waals surface area contributed by atoms with Crippen LogP contribution in [0.3, 0.4) is 0 Å². The molecule has 0 bridgehead atoms. The summed E-state index contributed by atoms with van der Waals surface area (Å²) in [7, 11) is 0. The molecule has 0 spiro atoms. The molecule has 1 N–H and O–H groups in total. The first-order valence-electron chi connectivity index (χ1n) is 4.31. The number of rotatable bonds is 4. The number of hydrogen-bond acceptors (Lipinski definition) is 4. The van der Waals surface area contributed by atoms with Gasteiger partial charge in [0.05, 0.1) is 11.8 Å². The van der Waals surface area contributed by atoms with Gasteiger partial charge in [0, 0.05) is 13.0 Å². The number of aromatic nitrogens is 1. The van der Waals surface area contributed by atoms with Gasteiger partial charge in [-0.05, 0) is 13.3 Å². The maximum atomic E-state index is 11.4. The predicted octanol–water partition coefficient (Wildman–Crippen LogP) is 1.02. The van der Waals surface area contributed by atoms with Crippen LogP contribution in [-0.2, 0) is 0 Å². The molecular formula is C9H11N3O2. The molecule has 0 aliphatic rings. The van der Waals surface area contributed by atoms with E-state index in [9.17, 15) is 4.79 Å². The van der Waals surface area contributed by atoms with Crippen molar-refractivity contribution >= 4 is 5.91 Å². The van der Waals surface area contributed by atoms with Gasteiger partial charge < -0.3 is 9.73 Å². The number of oxazole rings is 1. The molecule has 5 nitrogen and oxygen atoms in total. The number of unbranched alkanes of at least 4 members (excludes halogenated alkanes) is 1. The van der Waals surface area contributed by atoms with E-state index in [0.29, 0.717) is 25.1 Å². The molecule has 0 radical (unpaired) electrons. The van der Waals surface area contributed by atoms with Crippen LogP contribution in [0.4, 0.5) is 0 Å². The van der Waals surface area contributed by atoms with Gasteiger partial charge in [0.15, 0.2) is 6.39 Å². The maximum absolute atomic E-state index is 11.4. The van der Waals surface area contributed by atoms with E-state index in [1.54, 1.807) is 6.92 Å². The van der Waals surface area contributed by atoms with E-state index in [-0.39, 0.29) is 11.7 Å². The number of amides is 1. The van der Waals surface area contributed by atoms with E-state index < -0.39 is 0 Å².